The van der Waals surface area contributed by atoms with Crippen molar-refractivity contribution in [2.24, 2.45) is 11.7 Å². The first kappa shape index (κ1) is 13.7. The summed E-state index contributed by atoms with van der Waals surface area (Å²) >= 11 is 0. The first-order chi connectivity index (χ1) is 6.74. The smallest absolute Gasteiger partial charge is 0.220 e. The standard InChI is InChI=1S/C12H17NO.H2O/c1-2-6-11(12(13)14)9-10-7-4-3-5-8-10;/h3-5,7-8,11H,2,6,9H2,1H3,(H2,13,14);1H2/t11-;/m1./s1. The number of rotatable bonds is 5. The molecule has 1 atom stereocenters. The first-order valence-corrected chi connectivity index (χ1v) is 5.07. The molecule has 3 nitrogen and oxygen atoms in total. The molecule has 4 N–H and O–H groups in total. The van der Waals surface area contributed by atoms with Gasteiger partial charge in [-0.25, -0.2) is 0 Å². The molecule has 84 valence electrons. The molecular weight excluding hydrogens is 190 g/mol. The van der Waals surface area contributed by atoms with E-state index in [1.807, 2.05) is 30.3 Å². The van der Waals surface area contributed by atoms with Gasteiger partial charge in [-0.1, -0.05) is 43.7 Å². The fourth-order valence-corrected chi connectivity index (χ4v) is 1.59. The lowest BCUT2D eigenvalue weighted by Crippen LogP contribution is -2.24. The van der Waals surface area contributed by atoms with Gasteiger partial charge in [-0.3, -0.25) is 4.79 Å². The summed E-state index contributed by atoms with van der Waals surface area (Å²) in [6, 6.07) is 10.0. The fraction of sp³-hybridized carbons (Fsp3) is 0.417. The Hall–Kier alpha value is -1.35. The molecule has 1 aromatic carbocycles. The van der Waals surface area contributed by atoms with Gasteiger partial charge in [0.05, 0.1) is 0 Å². The van der Waals surface area contributed by atoms with Crippen molar-refractivity contribution in [3.8, 4) is 0 Å². The van der Waals surface area contributed by atoms with Gasteiger partial charge in [0, 0.05) is 5.92 Å². The zero-order valence-electron chi connectivity index (χ0n) is 9.07. The molecule has 0 aliphatic carbocycles. The molecule has 0 aliphatic heterocycles. The molecule has 0 heterocycles. The molecule has 0 unspecified atom stereocenters. The third-order valence-electron chi connectivity index (χ3n) is 2.36. The average Bonchev–Trinajstić information content (AvgIpc) is 2.18. The number of carbonyl (C=O) groups is 1. The number of nitrogens with two attached hydrogens (primary N) is 1. The fourth-order valence-electron chi connectivity index (χ4n) is 1.59. The molecule has 0 fully saturated rings. The molecule has 0 bridgehead atoms. The van der Waals surface area contributed by atoms with E-state index >= 15 is 0 Å². The van der Waals surface area contributed by atoms with Crippen molar-refractivity contribution in [1.29, 1.82) is 0 Å². The summed E-state index contributed by atoms with van der Waals surface area (Å²) in [6.45, 7) is 2.07. The SMILES string of the molecule is CCC[C@H](Cc1ccccc1)C(N)=O.O. The molecule has 0 aromatic heterocycles. The van der Waals surface area contributed by atoms with Crippen molar-refractivity contribution in [1.82, 2.24) is 0 Å². The number of hydrogen-bond acceptors (Lipinski definition) is 1. The van der Waals surface area contributed by atoms with Crippen LogP contribution in [0, 0.1) is 5.92 Å². The van der Waals surface area contributed by atoms with Gasteiger partial charge in [-0.2, -0.15) is 0 Å². The lowest BCUT2D eigenvalue weighted by atomic mass is 9.94. The second-order valence-electron chi connectivity index (χ2n) is 3.58. The van der Waals surface area contributed by atoms with E-state index in [4.69, 9.17) is 5.73 Å². The van der Waals surface area contributed by atoms with E-state index < -0.39 is 0 Å². The maximum absolute atomic E-state index is 11.1. The van der Waals surface area contributed by atoms with E-state index in [1.165, 1.54) is 5.56 Å². The van der Waals surface area contributed by atoms with Gasteiger partial charge in [0.2, 0.25) is 5.91 Å². The summed E-state index contributed by atoms with van der Waals surface area (Å²) < 4.78 is 0. The lowest BCUT2D eigenvalue weighted by Gasteiger charge is -2.11. The molecule has 15 heavy (non-hydrogen) atoms. The minimum absolute atomic E-state index is 0. The molecule has 0 spiro atoms. The predicted octanol–water partition coefficient (Wildman–Crippen LogP) is 1.31. The van der Waals surface area contributed by atoms with E-state index in [2.05, 4.69) is 6.92 Å². The minimum atomic E-state index is -0.185. The van der Waals surface area contributed by atoms with Crippen LogP contribution in [0.25, 0.3) is 0 Å². The summed E-state index contributed by atoms with van der Waals surface area (Å²) in [4.78, 5) is 11.1. The number of primary amides is 1. The Labute approximate surface area is 90.6 Å². The van der Waals surface area contributed by atoms with Crippen LogP contribution >= 0.6 is 0 Å². The molecule has 0 saturated heterocycles. The van der Waals surface area contributed by atoms with Gasteiger partial charge < -0.3 is 11.2 Å². The molecular formula is C12H19NO2. The highest BCUT2D eigenvalue weighted by atomic mass is 16.1. The van der Waals surface area contributed by atoms with Crippen LogP contribution in [-0.2, 0) is 11.2 Å². The molecule has 1 rings (SSSR count). The van der Waals surface area contributed by atoms with Crippen molar-refractivity contribution in [3.63, 3.8) is 0 Å². The third kappa shape index (κ3) is 4.61. The maximum atomic E-state index is 11.1. The second kappa shape index (κ2) is 7.01. The van der Waals surface area contributed by atoms with Crippen LogP contribution in [0.1, 0.15) is 25.3 Å². The minimum Gasteiger partial charge on any atom is -0.412 e. The van der Waals surface area contributed by atoms with Crippen molar-refractivity contribution in [2.45, 2.75) is 26.2 Å². The summed E-state index contributed by atoms with van der Waals surface area (Å²) in [7, 11) is 0. The zero-order valence-corrected chi connectivity index (χ0v) is 9.07. The quantitative estimate of drug-likeness (QED) is 0.780. The largest absolute Gasteiger partial charge is 0.412 e. The lowest BCUT2D eigenvalue weighted by molar-refractivity contribution is -0.122. The Morgan fingerprint density at radius 3 is 2.40 bits per heavy atom. The van der Waals surface area contributed by atoms with Gasteiger partial charge >= 0.3 is 0 Å². The Bertz CT molecular complexity index is 285. The number of benzene rings is 1. The van der Waals surface area contributed by atoms with Crippen molar-refractivity contribution >= 4 is 5.91 Å². The van der Waals surface area contributed by atoms with Crippen molar-refractivity contribution in [3.05, 3.63) is 35.9 Å². The number of carbonyl (C=O) groups excluding carboxylic acids is 1. The van der Waals surface area contributed by atoms with Crippen LogP contribution in [-0.4, -0.2) is 11.4 Å². The van der Waals surface area contributed by atoms with Crippen molar-refractivity contribution in [2.75, 3.05) is 0 Å². The number of hydrogen-bond donors (Lipinski definition) is 1. The predicted molar refractivity (Wildman–Crippen MR) is 61.4 cm³/mol. The van der Waals surface area contributed by atoms with Crippen molar-refractivity contribution < 1.29 is 10.3 Å². The molecule has 3 heteroatoms. The van der Waals surface area contributed by atoms with Gasteiger partial charge in [0.1, 0.15) is 0 Å². The van der Waals surface area contributed by atoms with Gasteiger partial charge in [-0.05, 0) is 18.4 Å². The highest BCUT2D eigenvalue weighted by Gasteiger charge is 2.14. The second-order valence-corrected chi connectivity index (χ2v) is 3.58. The zero-order chi connectivity index (χ0) is 10.4. The molecule has 1 amide bonds. The van der Waals surface area contributed by atoms with Gasteiger partial charge in [0.15, 0.2) is 0 Å². The molecule has 0 aliphatic rings. The summed E-state index contributed by atoms with van der Waals surface area (Å²) in [6.07, 6.45) is 2.65. The van der Waals surface area contributed by atoms with E-state index in [-0.39, 0.29) is 17.3 Å². The maximum Gasteiger partial charge on any atom is 0.220 e. The van der Waals surface area contributed by atoms with E-state index in [0.717, 1.165) is 19.3 Å². The Morgan fingerprint density at radius 2 is 1.93 bits per heavy atom. The van der Waals surface area contributed by atoms with Gasteiger partial charge in [-0.15, -0.1) is 0 Å². The van der Waals surface area contributed by atoms with Crippen LogP contribution in [0.2, 0.25) is 0 Å². The van der Waals surface area contributed by atoms with Crippen LogP contribution < -0.4 is 5.73 Å². The van der Waals surface area contributed by atoms with E-state index in [0.29, 0.717) is 0 Å². The summed E-state index contributed by atoms with van der Waals surface area (Å²) in [5, 5.41) is 0. The van der Waals surface area contributed by atoms with Gasteiger partial charge in [0.25, 0.3) is 0 Å². The monoisotopic (exact) mass is 209 g/mol. The highest BCUT2D eigenvalue weighted by Crippen LogP contribution is 2.13. The molecule has 0 radical (unpaired) electrons. The Balaban J connectivity index is 0.00000196. The molecule has 1 aromatic rings. The summed E-state index contributed by atoms with van der Waals surface area (Å²) in [5.41, 5.74) is 6.52. The Kier molecular flexibility index (Phi) is 6.38. The van der Waals surface area contributed by atoms with Crippen LogP contribution in [0.5, 0.6) is 0 Å². The summed E-state index contributed by atoms with van der Waals surface area (Å²) in [5.74, 6) is -0.196. The molecule has 0 saturated carbocycles. The van der Waals surface area contributed by atoms with E-state index in [1.54, 1.807) is 0 Å². The van der Waals surface area contributed by atoms with Crippen LogP contribution in [0.15, 0.2) is 30.3 Å². The number of amides is 1. The Morgan fingerprint density at radius 1 is 1.33 bits per heavy atom. The highest BCUT2D eigenvalue weighted by molar-refractivity contribution is 5.76. The average molecular weight is 209 g/mol. The van der Waals surface area contributed by atoms with Crippen LogP contribution in [0.4, 0.5) is 0 Å². The third-order valence-corrected chi connectivity index (χ3v) is 2.36. The topological polar surface area (TPSA) is 74.6 Å². The normalized spacial score (nSPS) is 11.5. The van der Waals surface area contributed by atoms with E-state index in [9.17, 15) is 4.79 Å². The van der Waals surface area contributed by atoms with Crippen LogP contribution in [0.3, 0.4) is 0 Å². The first-order valence-electron chi connectivity index (χ1n) is 5.07.